The molecule has 0 unspecified atom stereocenters. The lowest BCUT2D eigenvalue weighted by Crippen LogP contribution is -2.53. The highest BCUT2D eigenvalue weighted by Crippen LogP contribution is 2.47. The van der Waals surface area contributed by atoms with Gasteiger partial charge < -0.3 is 20.1 Å². The molecule has 42 heavy (non-hydrogen) atoms. The number of unbranched alkanes of at least 4 members (excludes halogenated alkanes) is 1. The lowest BCUT2D eigenvalue weighted by molar-refractivity contribution is -0.136. The molecule has 6 rings (SSSR count). The summed E-state index contributed by atoms with van der Waals surface area (Å²) in [5, 5.41) is 13.2. The molecule has 1 fully saturated rings. The number of carbonyl (C=O) groups is 3. The Morgan fingerprint density at radius 1 is 1.14 bits per heavy atom. The van der Waals surface area contributed by atoms with Crippen LogP contribution in [0.1, 0.15) is 73.5 Å². The van der Waals surface area contributed by atoms with E-state index in [1.807, 2.05) is 25.1 Å². The Hall–Kier alpha value is -4.26. The van der Waals surface area contributed by atoms with Crippen molar-refractivity contribution in [3.05, 3.63) is 64.9 Å². The molecule has 4 heterocycles. The van der Waals surface area contributed by atoms with Gasteiger partial charge in [0.05, 0.1) is 17.0 Å². The number of fused-ring (bicyclic) bond motifs is 3. The molecular formula is C32H33F2N5O3. The molecule has 3 aromatic rings. The number of halogens is 2. The molecule has 3 atom stereocenters. The number of benzene rings is 2. The summed E-state index contributed by atoms with van der Waals surface area (Å²) in [6.45, 7) is 2.33. The maximum absolute atomic E-state index is 14.5. The van der Waals surface area contributed by atoms with E-state index >= 15 is 0 Å². The van der Waals surface area contributed by atoms with Crippen molar-refractivity contribution >= 4 is 34.3 Å². The second-order valence-corrected chi connectivity index (χ2v) is 11.7. The van der Waals surface area contributed by atoms with Crippen molar-refractivity contribution in [3.63, 3.8) is 0 Å². The number of hydrogen-bond donors (Lipinski definition) is 2. The van der Waals surface area contributed by atoms with Gasteiger partial charge >= 0.3 is 0 Å². The summed E-state index contributed by atoms with van der Waals surface area (Å²) < 4.78 is 28.4. The Labute approximate surface area is 242 Å². The minimum Gasteiger partial charge on any atom is -0.350 e. The third-order valence-electron chi connectivity index (χ3n) is 9.07. The monoisotopic (exact) mass is 573 g/mol. The second kappa shape index (κ2) is 10.9. The molecule has 218 valence electrons. The van der Waals surface area contributed by atoms with E-state index in [2.05, 4.69) is 16.4 Å². The topological polar surface area (TPSA) is 109 Å². The number of aromatic amines is 1. The van der Waals surface area contributed by atoms with Crippen LogP contribution in [0, 0.1) is 23.0 Å². The van der Waals surface area contributed by atoms with E-state index < -0.39 is 35.0 Å². The predicted molar refractivity (Wildman–Crippen MR) is 153 cm³/mol. The molecule has 1 spiro atoms. The van der Waals surface area contributed by atoms with E-state index in [1.165, 1.54) is 15.9 Å². The maximum Gasteiger partial charge on any atom is 0.270 e. The van der Waals surface area contributed by atoms with Gasteiger partial charge in [-0.3, -0.25) is 14.4 Å². The summed E-state index contributed by atoms with van der Waals surface area (Å²) in [6.07, 6.45) is 5.09. The Kier molecular flexibility index (Phi) is 7.21. The van der Waals surface area contributed by atoms with Crippen LogP contribution in [0.5, 0.6) is 0 Å². The average Bonchev–Trinajstić information content (AvgIpc) is 3.65. The van der Waals surface area contributed by atoms with Crippen LogP contribution < -0.4 is 5.32 Å². The summed E-state index contributed by atoms with van der Waals surface area (Å²) in [5.74, 6) is -2.62. The third-order valence-corrected chi connectivity index (χ3v) is 9.07. The van der Waals surface area contributed by atoms with Crippen molar-refractivity contribution in [3.8, 4) is 6.07 Å². The molecule has 10 heteroatoms. The van der Waals surface area contributed by atoms with Gasteiger partial charge in [-0.25, -0.2) is 8.78 Å². The van der Waals surface area contributed by atoms with Crippen LogP contribution >= 0.6 is 0 Å². The van der Waals surface area contributed by atoms with Crippen LogP contribution in [0.4, 0.5) is 14.5 Å². The molecule has 3 aliphatic rings. The van der Waals surface area contributed by atoms with Gasteiger partial charge in [-0.2, -0.15) is 5.26 Å². The SMILES string of the molecule is CCCC[C@H]1C(=O)N2C[C@]3(C[C@H]2C#N)C(=O)Nc2ccc(cc23)CCCCCN1C(=O)c1cc2c(F)cc(F)cc2[nH]1. The number of rotatable bonds is 4. The van der Waals surface area contributed by atoms with E-state index in [0.717, 1.165) is 48.9 Å². The van der Waals surface area contributed by atoms with Crippen molar-refractivity contribution in [1.29, 1.82) is 5.26 Å². The van der Waals surface area contributed by atoms with E-state index in [1.54, 1.807) is 0 Å². The van der Waals surface area contributed by atoms with Gasteiger partial charge in [-0.05, 0) is 55.0 Å². The van der Waals surface area contributed by atoms with E-state index in [4.69, 9.17) is 0 Å². The lowest BCUT2D eigenvalue weighted by Gasteiger charge is -2.35. The Morgan fingerprint density at radius 3 is 2.76 bits per heavy atom. The van der Waals surface area contributed by atoms with Crippen molar-refractivity contribution in [2.24, 2.45) is 0 Å². The van der Waals surface area contributed by atoms with Gasteiger partial charge in [0.1, 0.15) is 29.4 Å². The van der Waals surface area contributed by atoms with Gasteiger partial charge in [-0.15, -0.1) is 0 Å². The number of aromatic nitrogens is 1. The smallest absolute Gasteiger partial charge is 0.270 e. The van der Waals surface area contributed by atoms with Crippen LogP contribution in [0.15, 0.2) is 36.4 Å². The fourth-order valence-electron chi connectivity index (χ4n) is 6.85. The zero-order valence-corrected chi connectivity index (χ0v) is 23.5. The number of H-pyrrole nitrogens is 1. The van der Waals surface area contributed by atoms with Crippen LogP contribution in [0.2, 0.25) is 0 Å². The second-order valence-electron chi connectivity index (χ2n) is 11.7. The van der Waals surface area contributed by atoms with E-state index in [9.17, 15) is 28.4 Å². The van der Waals surface area contributed by atoms with Crippen LogP contribution in [-0.4, -0.2) is 57.7 Å². The first-order valence-corrected chi connectivity index (χ1v) is 14.7. The van der Waals surface area contributed by atoms with E-state index in [-0.39, 0.29) is 47.9 Å². The molecule has 0 radical (unpaired) electrons. The van der Waals surface area contributed by atoms with Gasteiger partial charge in [0.15, 0.2) is 0 Å². The van der Waals surface area contributed by atoms with E-state index in [0.29, 0.717) is 24.9 Å². The zero-order valence-electron chi connectivity index (χ0n) is 23.5. The number of nitrogens with one attached hydrogen (secondary N) is 2. The number of anilines is 1. The highest BCUT2D eigenvalue weighted by Gasteiger charge is 2.57. The molecule has 0 aliphatic carbocycles. The van der Waals surface area contributed by atoms with Gasteiger partial charge in [0.2, 0.25) is 11.8 Å². The molecule has 2 N–H and O–H groups in total. The molecule has 4 bridgehead atoms. The molecule has 8 nitrogen and oxygen atoms in total. The minimum atomic E-state index is -1.03. The van der Waals surface area contributed by atoms with Crippen molar-refractivity contribution in [2.45, 2.75) is 75.8 Å². The molecule has 1 saturated heterocycles. The van der Waals surface area contributed by atoms with Crippen molar-refractivity contribution < 1.29 is 23.2 Å². The molecule has 3 aliphatic heterocycles. The van der Waals surface area contributed by atoms with Crippen LogP contribution in [-0.2, 0) is 21.4 Å². The number of nitrogens with zero attached hydrogens (tertiary/aromatic N) is 3. The van der Waals surface area contributed by atoms with Crippen molar-refractivity contribution in [1.82, 2.24) is 14.8 Å². The quantitative estimate of drug-likeness (QED) is 0.448. The Bertz CT molecular complexity index is 1630. The zero-order chi connectivity index (χ0) is 29.6. The first-order valence-electron chi connectivity index (χ1n) is 14.7. The van der Waals surface area contributed by atoms with Crippen LogP contribution in [0.25, 0.3) is 10.9 Å². The molecule has 1 aromatic heterocycles. The largest absolute Gasteiger partial charge is 0.350 e. The molecule has 3 amide bonds. The normalized spacial score (nSPS) is 24.0. The number of aryl methyl sites for hydroxylation is 1. The third kappa shape index (κ3) is 4.61. The predicted octanol–water partition coefficient (Wildman–Crippen LogP) is 5.19. The molecule has 2 aromatic carbocycles. The first-order chi connectivity index (χ1) is 20.3. The maximum atomic E-state index is 14.5. The number of hydrogen-bond acceptors (Lipinski definition) is 4. The number of nitriles is 1. The minimum absolute atomic E-state index is 0.0495. The standard InChI is InChI=1S/C32H33F2N5O3/c1-2-3-8-28-30(41)39-18-32(16-21(39)17-35)23-12-19(9-10-25(23)37-31(32)42)7-5-4-6-11-38(28)29(40)27-15-22-24(34)13-20(33)14-26(22)36-27/h9-10,12-15,21,28,36H,2-8,11,16,18H2,1H3,(H,37,42)/t21-,28-,32-/m0/s1. The summed E-state index contributed by atoms with van der Waals surface area (Å²) in [4.78, 5) is 47.8. The highest BCUT2D eigenvalue weighted by molar-refractivity contribution is 6.07. The van der Waals surface area contributed by atoms with Gasteiger partial charge in [0.25, 0.3) is 5.91 Å². The summed E-state index contributed by atoms with van der Waals surface area (Å²) in [5.41, 5.74) is 1.81. The summed E-state index contributed by atoms with van der Waals surface area (Å²) in [6, 6.07) is 9.75. The van der Waals surface area contributed by atoms with Gasteiger partial charge in [0, 0.05) is 36.7 Å². The highest BCUT2D eigenvalue weighted by atomic mass is 19.1. The molecular weight excluding hydrogens is 540 g/mol. The fraction of sp³-hybridized carbons (Fsp3) is 0.438. The number of carbonyl (C=O) groups excluding carboxylic acids is 3. The number of amides is 3. The summed E-state index contributed by atoms with van der Waals surface area (Å²) >= 11 is 0. The van der Waals surface area contributed by atoms with Crippen molar-refractivity contribution in [2.75, 3.05) is 18.4 Å². The lowest BCUT2D eigenvalue weighted by atomic mass is 9.79. The first kappa shape index (κ1) is 27.9. The fourth-order valence-corrected chi connectivity index (χ4v) is 6.85. The van der Waals surface area contributed by atoms with Gasteiger partial charge in [-0.1, -0.05) is 38.3 Å². The summed E-state index contributed by atoms with van der Waals surface area (Å²) in [7, 11) is 0. The average molecular weight is 574 g/mol. The van der Waals surface area contributed by atoms with Crippen LogP contribution in [0.3, 0.4) is 0 Å². The molecule has 0 saturated carbocycles. The Morgan fingerprint density at radius 2 is 1.98 bits per heavy atom. The Balaban J connectivity index is 1.42.